The summed E-state index contributed by atoms with van der Waals surface area (Å²) in [6.07, 6.45) is 1.67. The number of H-pyrrole nitrogens is 1. The maximum Gasteiger partial charge on any atom is 0.187 e. The van der Waals surface area contributed by atoms with Gasteiger partial charge in [-0.2, -0.15) is 5.26 Å². The number of aromatic nitrogens is 1. The SMILES string of the molecule is [C-]#[N+]c1ccc(-c2c(CC)[nH]c(CC)c2C#N)cc1. The molecule has 0 bridgehead atoms. The molecule has 0 atom stereocenters. The third-order valence-electron chi connectivity index (χ3n) is 3.26. The van der Waals surface area contributed by atoms with E-state index in [4.69, 9.17) is 6.57 Å². The van der Waals surface area contributed by atoms with Gasteiger partial charge in [-0.25, -0.2) is 4.85 Å². The minimum atomic E-state index is 0.617. The lowest BCUT2D eigenvalue weighted by Gasteiger charge is -2.03. The second-order valence-electron chi connectivity index (χ2n) is 4.31. The largest absolute Gasteiger partial charge is 0.361 e. The predicted molar refractivity (Wildman–Crippen MR) is 76.0 cm³/mol. The highest BCUT2D eigenvalue weighted by Crippen LogP contribution is 2.31. The van der Waals surface area contributed by atoms with Crippen LogP contribution >= 0.6 is 0 Å². The van der Waals surface area contributed by atoms with Crippen molar-refractivity contribution >= 4 is 5.69 Å². The summed E-state index contributed by atoms with van der Waals surface area (Å²) in [7, 11) is 0. The molecule has 0 saturated carbocycles. The molecule has 1 heterocycles. The molecule has 1 aromatic heterocycles. The molecule has 0 amide bonds. The maximum atomic E-state index is 9.38. The summed E-state index contributed by atoms with van der Waals surface area (Å²) >= 11 is 0. The van der Waals surface area contributed by atoms with Crippen LogP contribution in [0.5, 0.6) is 0 Å². The van der Waals surface area contributed by atoms with Gasteiger partial charge in [-0.05, 0) is 18.4 Å². The van der Waals surface area contributed by atoms with Crippen LogP contribution in [0, 0.1) is 17.9 Å². The Bertz CT molecular complexity index is 664. The molecule has 3 heteroatoms. The van der Waals surface area contributed by atoms with E-state index in [1.807, 2.05) is 19.1 Å². The van der Waals surface area contributed by atoms with Gasteiger partial charge < -0.3 is 4.98 Å². The summed E-state index contributed by atoms with van der Waals surface area (Å²) in [5.41, 5.74) is 5.41. The van der Waals surface area contributed by atoms with Gasteiger partial charge in [0.05, 0.1) is 12.1 Å². The van der Waals surface area contributed by atoms with E-state index >= 15 is 0 Å². The fourth-order valence-electron chi connectivity index (χ4n) is 2.28. The Kier molecular flexibility index (Phi) is 3.68. The first-order valence-corrected chi connectivity index (χ1v) is 6.36. The van der Waals surface area contributed by atoms with Crippen LogP contribution in [-0.4, -0.2) is 4.98 Å². The highest BCUT2D eigenvalue weighted by molar-refractivity contribution is 5.76. The van der Waals surface area contributed by atoms with E-state index < -0.39 is 0 Å². The lowest BCUT2D eigenvalue weighted by atomic mass is 9.99. The molecule has 0 fully saturated rings. The highest BCUT2D eigenvalue weighted by Gasteiger charge is 2.16. The minimum Gasteiger partial charge on any atom is -0.361 e. The van der Waals surface area contributed by atoms with E-state index in [9.17, 15) is 5.26 Å². The quantitative estimate of drug-likeness (QED) is 0.813. The van der Waals surface area contributed by atoms with Crippen LogP contribution in [0.4, 0.5) is 5.69 Å². The number of benzene rings is 1. The summed E-state index contributed by atoms with van der Waals surface area (Å²) < 4.78 is 0. The molecule has 0 aliphatic heterocycles. The fourth-order valence-corrected chi connectivity index (χ4v) is 2.28. The molecule has 0 aliphatic rings. The molecule has 94 valence electrons. The zero-order valence-electron chi connectivity index (χ0n) is 11.1. The Morgan fingerprint density at radius 1 is 1.16 bits per heavy atom. The molecule has 2 rings (SSSR count). The van der Waals surface area contributed by atoms with Crippen LogP contribution in [0.3, 0.4) is 0 Å². The van der Waals surface area contributed by atoms with E-state index in [-0.39, 0.29) is 0 Å². The molecule has 0 aliphatic carbocycles. The highest BCUT2D eigenvalue weighted by atomic mass is 14.7. The van der Waals surface area contributed by atoms with Crippen LogP contribution in [0.25, 0.3) is 16.0 Å². The zero-order valence-corrected chi connectivity index (χ0v) is 11.1. The lowest BCUT2D eigenvalue weighted by Crippen LogP contribution is -1.86. The smallest absolute Gasteiger partial charge is 0.187 e. The number of hydrogen-bond acceptors (Lipinski definition) is 1. The van der Waals surface area contributed by atoms with E-state index in [0.29, 0.717) is 5.69 Å². The van der Waals surface area contributed by atoms with Crippen molar-refractivity contribution in [2.75, 3.05) is 0 Å². The van der Waals surface area contributed by atoms with Gasteiger partial charge in [0.15, 0.2) is 5.69 Å². The topological polar surface area (TPSA) is 43.9 Å². The number of nitrogens with zero attached hydrogens (tertiary/aromatic N) is 2. The van der Waals surface area contributed by atoms with Crippen molar-refractivity contribution in [2.45, 2.75) is 26.7 Å². The molecule has 19 heavy (non-hydrogen) atoms. The Morgan fingerprint density at radius 3 is 2.26 bits per heavy atom. The van der Waals surface area contributed by atoms with E-state index in [0.717, 1.165) is 40.9 Å². The summed E-state index contributed by atoms with van der Waals surface area (Å²) in [6.45, 7) is 11.1. The Labute approximate surface area is 113 Å². The van der Waals surface area contributed by atoms with Crippen molar-refractivity contribution in [3.63, 3.8) is 0 Å². The number of aromatic amines is 1. The fraction of sp³-hybridized carbons (Fsp3) is 0.250. The predicted octanol–water partition coefficient (Wildman–Crippen LogP) is 4.23. The monoisotopic (exact) mass is 249 g/mol. The van der Waals surface area contributed by atoms with Crippen molar-refractivity contribution in [3.8, 4) is 17.2 Å². The second kappa shape index (κ2) is 5.42. The van der Waals surface area contributed by atoms with Crippen molar-refractivity contribution in [2.24, 2.45) is 0 Å². The molecule has 1 aromatic carbocycles. The third-order valence-corrected chi connectivity index (χ3v) is 3.26. The number of hydrogen-bond donors (Lipinski definition) is 1. The average molecular weight is 249 g/mol. The van der Waals surface area contributed by atoms with Gasteiger partial charge in [0, 0.05) is 17.0 Å². The Morgan fingerprint density at radius 2 is 1.79 bits per heavy atom. The summed E-state index contributed by atoms with van der Waals surface area (Å²) in [5.74, 6) is 0. The molecule has 0 unspecified atom stereocenters. The maximum absolute atomic E-state index is 9.38. The van der Waals surface area contributed by atoms with Crippen molar-refractivity contribution in [1.29, 1.82) is 5.26 Å². The Hall–Kier alpha value is -2.52. The van der Waals surface area contributed by atoms with Gasteiger partial charge >= 0.3 is 0 Å². The van der Waals surface area contributed by atoms with Gasteiger partial charge in [0.1, 0.15) is 6.07 Å². The van der Waals surface area contributed by atoms with E-state index in [1.54, 1.807) is 12.1 Å². The summed E-state index contributed by atoms with van der Waals surface area (Å²) in [4.78, 5) is 6.73. The van der Waals surface area contributed by atoms with Crippen LogP contribution in [0.15, 0.2) is 24.3 Å². The first-order valence-electron chi connectivity index (χ1n) is 6.36. The molecule has 0 spiro atoms. The van der Waals surface area contributed by atoms with Crippen molar-refractivity contribution in [3.05, 3.63) is 52.6 Å². The van der Waals surface area contributed by atoms with E-state index in [1.165, 1.54) is 0 Å². The van der Waals surface area contributed by atoms with Crippen LogP contribution < -0.4 is 0 Å². The van der Waals surface area contributed by atoms with Crippen LogP contribution in [0.2, 0.25) is 0 Å². The van der Waals surface area contributed by atoms with Crippen LogP contribution in [-0.2, 0) is 12.8 Å². The molecule has 0 saturated heterocycles. The van der Waals surface area contributed by atoms with Crippen LogP contribution in [0.1, 0.15) is 30.8 Å². The number of rotatable bonds is 3. The molecular formula is C16H15N3. The van der Waals surface area contributed by atoms with Gasteiger partial charge in [0.25, 0.3) is 0 Å². The minimum absolute atomic E-state index is 0.617. The first kappa shape index (κ1) is 12.9. The summed E-state index contributed by atoms with van der Waals surface area (Å²) in [6, 6.07) is 9.72. The first-order chi connectivity index (χ1) is 9.24. The second-order valence-corrected chi connectivity index (χ2v) is 4.31. The number of aryl methyl sites for hydroxylation is 2. The van der Waals surface area contributed by atoms with Crippen molar-refractivity contribution < 1.29 is 0 Å². The molecular weight excluding hydrogens is 234 g/mol. The average Bonchev–Trinajstić information content (AvgIpc) is 2.84. The molecule has 2 aromatic rings. The number of nitriles is 1. The lowest BCUT2D eigenvalue weighted by molar-refractivity contribution is 0.993. The molecule has 1 N–H and O–H groups in total. The van der Waals surface area contributed by atoms with Crippen molar-refractivity contribution in [1.82, 2.24) is 4.98 Å². The molecule has 3 nitrogen and oxygen atoms in total. The Balaban J connectivity index is 2.63. The van der Waals surface area contributed by atoms with Gasteiger partial charge in [-0.1, -0.05) is 38.1 Å². The number of nitrogens with one attached hydrogen (secondary N) is 1. The standard InChI is InChI=1S/C16H15N3/c1-4-14-13(10-17)16(15(5-2)19-14)11-6-8-12(18-3)9-7-11/h6-9,19H,4-5H2,1-2H3. The van der Waals surface area contributed by atoms with Gasteiger partial charge in [-0.3, -0.25) is 0 Å². The molecule has 0 radical (unpaired) electrons. The van der Waals surface area contributed by atoms with E-state index in [2.05, 4.69) is 22.8 Å². The zero-order chi connectivity index (χ0) is 13.8. The van der Waals surface area contributed by atoms with Gasteiger partial charge in [0.2, 0.25) is 0 Å². The normalized spacial score (nSPS) is 9.89. The third kappa shape index (κ3) is 2.23. The summed E-state index contributed by atoms with van der Waals surface area (Å²) in [5, 5.41) is 9.38. The van der Waals surface area contributed by atoms with Gasteiger partial charge in [-0.15, -0.1) is 0 Å².